The third-order valence-corrected chi connectivity index (χ3v) is 4.09. The first kappa shape index (κ1) is 14.0. The molecule has 2 rings (SSSR count). The Labute approximate surface area is 116 Å². The molecule has 0 aromatic rings. The number of halogens is 2. The van der Waals surface area contributed by atoms with Crippen molar-refractivity contribution in [1.82, 2.24) is 10.2 Å². The number of aliphatic hydroxyl groups is 2. The first-order chi connectivity index (χ1) is 8.45. The first-order valence-corrected chi connectivity index (χ1v) is 6.65. The van der Waals surface area contributed by atoms with Gasteiger partial charge in [0.1, 0.15) is 22.4 Å². The predicted octanol–water partition coefficient (Wildman–Crippen LogP) is -1.01. The summed E-state index contributed by atoms with van der Waals surface area (Å²) in [7, 11) is 0. The van der Waals surface area contributed by atoms with Gasteiger partial charge >= 0.3 is 6.03 Å². The molecule has 18 heavy (non-hydrogen) atoms. The lowest BCUT2D eigenvalue weighted by Gasteiger charge is -2.34. The Morgan fingerprint density at radius 2 is 2.22 bits per heavy atom. The topological polar surface area (TPSA) is 99.1 Å². The molecule has 2 saturated heterocycles. The summed E-state index contributed by atoms with van der Waals surface area (Å²) in [5, 5.41) is 20.0. The molecule has 7 nitrogen and oxygen atoms in total. The van der Waals surface area contributed by atoms with Crippen molar-refractivity contribution >= 4 is 39.5 Å². The van der Waals surface area contributed by atoms with Crippen LogP contribution >= 0.6 is 27.5 Å². The Morgan fingerprint density at radius 3 is 2.78 bits per heavy atom. The Morgan fingerprint density at radius 1 is 1.56 bits per heavy atom. The normalized spacial score (nSPS) is 41.1. The predicted molar refractivity (Wildman–Crippen MR) is 64.4 cm³/mol. The fraction of sp³-hybridized carbons (Fsp3) is 0.778. The number of urea groups is 1. The van der Waals surface area contributed by atoms with Gasteiger partial charge < -0.3 is 14.9 Å². The lowest BCUT2D eigenvalue weighted by atomic mass is 10.1. The van der Waals surface area contributed by atoms with Gasteiger partial charge in [0, 0.05) is 6.54 Å². The van der Waals surface area contributed by atoms with Crippen LogP contribution in [0.4, 0.5) is 4.79 Å². The van der Waals surface area contributed by atoms with Crippen LogP contribution in [-0.2, 0) is 9.53 Å². The highest BCUT2D eigenvalue weighted by atomic mass is 79.9. The van der Waals surface area contributed by atoms with E-state index in [1.54, 1.807) is 0 Å². The van der Waals surface area contributed by atoms with Gasteiger partial charge in [-0.1, -0.05) is 15.9 Å². The van der Waals surface area contributed by atoms with Gasteiger partial charge in [-0.2, -0.15) is 0 Å². The standard InChI is InChI=1S/C9H12BrClN2O5/c10-3-1-13(9(17)12-7(3)16)8-5(11)6(15)4(2-14)18-8/h3-6,8,14-15H,1-2H2,(H,12,16,17)/t3?,4-,5-,6-,8-/m1/s1. The average molecular weight is 344 g/mol. The molecule has 0 aromatic heterocycles. The summed E-state index contributed by atoms with van der Waals surface area (Å²) in [4.78, 5) is 23.6. The van der Waals surface area contributed by atoms with E-state index < -0.39 is 47.2 Å². The summed E-state index contributed by atoms with van der Waals surface area (Å²) in [6.45, 7) is -0.309. The maximum atomic E-state index is 11.7. The van der Waals surface area contributed by atoms with Crippen molar-refractivity contribution in [2.75, 3.05) is 13.2 Å². The zero-order valence-electron chi connectivity index (χ0n) is 9.12. The zero-order chi connectivity index (χ0) is 13.4. The molecule has 3 amide bonds. The van der Waals surface area contributed by atoms with Crippen molar-refractivity contribution in [1.29, 1.82) is 0 Å². The summed E-state index contributed by atoms with van der Waals surface area (Å²) in [5.74, 6) is -0.431. The number of ether oxygens (including phenoxy) is 1. The molecule has 0 aromatic carbocycles. The van der Waals surface area contributed by atoms with E-state index in [1.807, 2.05) is 0 Å². The second-order valence-electron chi connectivity index (χ2n) is 4.10. The minimum Gasteiger partial charge on any atom is -0.394 e. The molecule has 2 aliphatic rings. The summed E-state index contributed by atoms with van der Waals surface area (Å²) in [6, 6.07) is -0.628. The van der Waals surface area contributed by atoms with E-state index >= 15 is 0 Å². The van der Waals surface area contributed by atoms with E-state index in [2.05, 4.69) is 21.2 Å². The van der Waals surface area contributed by atoms with Gasteiger partial charge in [-0.25, -0.2) is 4.79 Å². The molecule has 0 spiro atoms. The number of nitrogens with one attached hydrogen (secondary N) is 1. The fourth-order valence-electron chi connectivity index (χ4n) is 1.92. The molecule has 0 aliphatic carbocycles. The first-order valence-electron chi connectivity index (χ1n) is 5.29. The number of amides is 3. The molecule has 3 N–H and O–H groups in total. The highest BCUT2D eigenvalue weighted by molar-refractivity contribution is 9.10. The van der Waals surface area contributed by atoms with Crippen LogP contribution < -0.4 is 5.32 Å². The molecule has 0 saturated carbocycles. The Hall–Kier alpha value is -0.410. The highest BCUT2D eigenvalue weighted by Crippen LogP contribution is 2.29. The number of nitrogens with zero attached hydrogens (tertiary/aromatic N) is 1. The summed E-state index contributed by atoms with van der Waals surface area (Å²) in [6.07, 6.45) is -2.79. The van der Waals surface area contributed by atoms with Gasteiger partial charge in [0.05, 0.1) is 6.61 Å². The minimum absolute atomic E-state index is 0.0867. The molecular weight excluding hydrogens is 331 g/mol. The smallest absolute Gasteiger partial charge is 0.326 e. The quantitative estimate of drug-likeness (QED) is 0.558. The Kier molecular flexibility index (Phi) is 4.12. The van der Waals surface area contributed by atoms with E-state index in [0.29, 0.717) is 0 Å². The minimum atomic E-state index is -1.07. The van der Waals surface area contributed by atoms with E-state index in [4.69, 9.17) is 21.4 Å². The molecule has 0 bridgehead atoms. The van der Waals surface area contributed by atoms with Crippen molar-refractivity contribution in [2.24, 2.45) is 0 Å². The van der Waals surface area contributed by atoms with Crippen molar-refractivity contribution in [3.05, 3.63) is 0 Å². The number of hydrogen-bond donors (Lipinski definition) is 3. The van der Waals surface area contributed by atoms with Crippen LogP contribution in [0.15, 0.2) is 0 Å². The summed E-state index contributed by atoms with van der Waals surface area (Å²) >= 11 is 9.10. The van der Waals surface area contributed by atoms with Crippen LogP contribution in [-0.4, -0.2) is 68.8 Å². The molecule has 102 valence electrons. The SMILES string of the molecule is O=C1NC(=O)N([C@@H]2O[C@H](CO)[C@@H](O)[C@H]2Cl)CC1Br. The van der Waals surface area contributed by atoms with Crippen molar-refractivity contribution < 1.29 is 24.5 Å². The van der Waals surface area contributed by atoms with Crippen LogP contribution in [0.3, 0.4) is 0 Å². The zero-order valence-corrected chi connectivity index (χ0v) is 11.5. The number of aliphatic hydroxyl groups excluding tert-OH is 2. The maximum Gasteiger partial charge on any atom is 0.326 e. The number of imide groups is 1. The third kappa shape index (κ3) is 2.35. The maximum absolute atomic E-state index is 11.7. The average Bonchev–Trinajstić information content (AvgIpc) is 2.61. The van der Waals surface area contributed by atoms with Crippen molar-refractivity contribution in [3.63, 3.8) is 0 Å². The number of hydrogen-bond acceptors (Lipinski definition) is 5. The molecule has 5 atom stereocenters. The molecular formula is C9H12BrClN2O5. The number of carbonyl (C=O) groups is 2. The van der Waals surface area contributed by atoms with Crippen LogP contribution in [0.25, 0.3) is 0 Å². The molecule has 2 heterocycles. The Bertz CT molecular complexity index is 371. The Balaban J connectivity index is 2.12. The number of alkyl halides is 2. The van der Waals surface area contributed by atoms with Gasteiger partial charge in [0.2, 0.25) is 5.91 Å². The van der Waals surface area contributed by atoms with Crippen LogP contribution in [0.5, 0.6) is 0 Å². The fourth-order valence-corrected chi connectivity index (χ4v) is 2.70. The van der Waals surface area contributed by atoms with E-state index in [-0.39, 0.29) is 6.54 Å². The summed E-state index contributed by atoms with van der Waals surface area (Å²) in [5.41, 5.74) is 0. The lowest BCUT2D eigenvalue weighted by Crippen LogP contribution is -2.60. The number of rotatable bonds is 2. The van der Waals surface area contributed by atoms with Gasteiger partial charge in [0.15, 0.2) is 6.23 Å². The molecule has 2 aliphatic heterocycles. The number of carbonyl (C=O) groups excluding carboxylic acids is 2. The monoisotopic (exact) mass is 342 g/mol. The second kappa shape index (κ2) is 5.30. The molecule has 1 unspecified atom stereocenters. The van der Waals surface area contributed by atoms with E-state index in [1.165, 1.54) is 4.90 Å². The van der Waals surface area contributed by atoms with Crippen LogP contribution in [0.2, 0.25) is 0 Å². The van der Waals surface area contributed by atoms with Crippen molar-refractivity contribution in [2.45, 2.75) is 28.6 Å². The van der Waals surface area contributed by atoms with Gasteiger partial charge in [-0.05, 0) is 0 Å². The summed E-state index contributed by atoms with van der Waals surface area (Å²) < 4.78 is 5.33. The van der Waals surface area contributed by atoms with Gasteiger partial charge in [0.25, 0.3) is 0 Å². The van der Waals surface area contributed by atoms with Crippen LogP contribution in [0, 0.1) is 0 Å². The van der Waals surface area contributed by atoms with E-state index in [9.17, 15) is 14.7 Å². The van der Waals surface area contributed by atoms with E-state index in [0.717, 1.165) is 0 Å². The van der Waals surface area contributed by atoms with Crippen LogP contribution in [0.1, 0.15) is 0 Å². The molecule has 0 radical (unpaired) electrons. The second-order valence-corrected chi connectivity index (χ2v) is 5.71. The van der Waals surface area contributed by atoms with Crippen molar-refractivity contribution in [3.8, 4) is 0 Å². The largest absolute Gasteiger partial charge is 0.394 e. The molecule has 2 fully saturated rings. The third-order valence-electron chi connectivity index (χ3n) is 2.91. The molecule has 9 heteroatoms. The lowest BCUT2D eigenvalue weighted by molar-refractivity contribution is -0.123. The van der Waals surface area contributed by atoms with Gasteiger partial charge in [-0.15, -0.1) is 11.6 Å². The van der Waals surface area contributed by atoms with Gasteiger partial charge in [-0.3, -0.25) is 15.0 Å². The highest BCUT2D eigenvalue weighted by Gasteiger charge is 2.48.